The van der Waals surface area contributed by atoms with Crippen molar-refractivity contribution in [3.05, 3.63) is 57.8 Å². The number of halogens is 2. The first kappa shape index (κ1) is 14.8. The van der Waals surface area contributed by atoms with Gasteiger partial charge in [0.2, 0.25) is 0 Å². The highest BCUT2D eigenvalue weighted by atomic mass is 35.5. The van der Waals surface area contributed by atoms with E-state index in [1.807, 2.05) is 25.1 Å². The fourth-order valence-electron chi connectivity index (χ4n) is 1.81. The molecule has 2 rings (SSSR count). The summed E-state index contributed by atoms with van der Waals surface area (Å²) in [5, 5.41) is 11.2. The zero-order valence-electron chi connectivity index (χ0n) is 10.8. The largest absolute Gasteiger partial charge is 0.344 e. The molecular weight excluding hydrogens is 297 g/mol. The Kier molecular flexibility index (Phi) is 4.93. The molecule has 0 spiro atoms. The van der Waals surface area contributed by atoms with E-state index in [4.69, 9.17) is 23.2 Å². The van der Waals surface area contributed by atoms with Crippen LogP contribution in [0.5, 0.6) is 0 Å². The highest BCUT2D eigenvalue weighted by Crippen LogP contribution is 2.20. The topological polar surface area (TPSA) is 54.9 Å². The third-order valence-corrected chi connectivity index (χ3v) is 3.27. The van der Waals surface area contributed by atoms with Crippen LogP contribution in [0.4, 0.5) is 0 Å². The van der Waals surface area contributed by atoms with Crippen molar-refractivity contribution in [2.75, 3.05) is 0 Å². The maximum absolute atomic E-state index is 12.1. The summed E-state index contributed by atoms with van der Waals surface area (Å²) in [6, 6.07) is 10.4. The lowest BCUT2D eigenvalue weighted by atomic mass is 10.0. The van der Waals surface area contributed by atoms with Gasteiger partial charge in [0.15, 0.2) is 10.8 Å². The molecule has 0 aliphatic carbocycles. The normalized spacial score (nSPS) is 11.9. The van der Waals surface area contributed by atoms with Crippen molar-refractivity contribution in [1.29, 1.82) is 0 Å². The van der Waals surface area contributed by atoms with Crippen LogP contribution in [0.2, 0.25) is 10.2 Å². The lowest BCUT2D eigenvalue weighted by molar-refractivity contribution is 0.0929. The van der Waals surface area contributed by atoms with Gasteiger partial charge in [0, 0.05) is 5.02 Å². The summed E-state index contributed by atoms with van der Waals surface area (Å²) in [5.74, 6) is -0.291. The van der Waals surface area contributed by atoms with Gasteiger partial charge >= 0.3 is 0 Å². The summed E-state index contributed by atoms with van der Waals surface area (Å²) in [6.07, 6.45) is 0.743. The second-order valence-corrected chi connectivity index (χ2v) is 5.05. The number of hydrogen-bond acceptors (Lipinski definition) is 3. The molecule has 1 amide bonds. The van der Waals surface area contributed by atoms with Crippen LogP contribution >= 0.6 is 23.2 Å². The molecule has 0 saturated heterocycles. The third kappa shape index (κ3) is 3.68. The van der Waals surface area contributed by atoms with Crippen molar-refractivity contribution >= 4 is 29.1 Å². The van der Waals surface area contributed by atoms with E-state index < -0.39 is 0 Å². The van der Waals surface area contributed by atoms with Crippen molar-refractivity contribution in [2.45, 2.75) is 19.4 Å². The molecule has 0 aliphatic heterocycles. The van der Waals surface area contributed by atoms with E-state index in [1.165, 1.54) is 12.1 Å². The van der Waals surface area contributed by atoms with E-state index in [1.54, 1.807) is 6.07 Å². The second-order valence-electron chi connectivity index (χ2n) is 4.23. The molecule has 0 saturated carbocycles. The molecule has 0 aliphatic rings. The summed E-state index contributed by atoms with van der Waals surface area (Å²) in [6.45, 7) is 1.99. The Bertz CT molecular complexity index is 602. The second kappa shape index (κ2) is 6.68. The molecule has 1 atom stereocenters. The lowest BCUT2D eigenvalue weighted by Gasteiger charge is -2.17. The van der Waals surface area contributed by atoms with Crippen LogP contribution in [0.1, 0.15) is 35.4 Å². The predicted octanol–water partition coefficient (Wildman–Crippen LogP) is 3.66. The molecule has 1 aromatic carbocycles. The van der Waals surface area contributed by atoms with Crippen molar-refractivity contribution in [2.24, 2.45) is 0 Å². The Hall–Kier alpha value is -1.65. The van der Waals surface area contributed by atoms with Crippen molar-refractivity contribution < 1.29 is 4.79 Å². The maximum atomic E-state index is 12.1. The molecule has 20 heavy (non-hydrogen) atoms. The summed E-state index contributed by atoms with van der Waals surface area (Å²) in [4.78, 5) is 12.1. The summed E-state index contributed by atoms with van der Waals surface area (Å²) >= 11 is 11.6. The average Bonchev–Trinajstić information content (AvgIpc) is 2.45. The minimum absolute atomic E-state index is 0.126. The Morgan fingerprint density at radius 2 is 2.05 bits per heavy atom. The van der Waals surface area contributed by atoms with E-state index in [-0.39, 0.29) is 22.8 Å². The summed E-state index contributed by atoms with van der Waals surface area (Å²) in [5.41, 5.74) is 1.19. The summed E-state index contributed by atoms with van der Waals surface area (Å²) in [7, 11) is 0. The monoisotopic (exact) mass is 309 g/mol. The fraction of sp³-hybridized carbons (Fsp3) is 0.214. The molecule has 4 nitrogen and oxygen atoms in total. The van der Waals surface area contributed by atoms with Crippen LogP contribution in [0, 0.1) is 0 Å². The standard InChI is InChI=1S/C14H13Cl2N3O/c1-2-11(9-4-3-5-10(15)8-9)17-14(20)12-6-7-13(16)19-18-12/h3-8,11H,2H2,1H3,(H,17,20). The molecule has 1 aromatic heterocycles. The zero-order valence-corrected chi connectivity index (χ0v) is 12.3. The molecule has 6 heteroatoms. The van der Waals surface area contributed by atoms with Crippen LogP contribution in [-0.4, -0.2) is 16.1 Å². The number of amides is 1. The minimum atomic E-state index is -0.291. The van der Waals surface area contributed by atoms with Crippen LogP contribution in [0.25, 0.3) is 0 Å². The number of aromatic nitrogens is 2. The van der Waals surface area contributed by atoms with Crippen molar-refractivity contribution in [1.82, 2.24) is 15.5 Å². The SMILES string of the molecule is CCC(NC(=O)c1ccc(Cl)nn1)c1cccc(Cl)c1. The number of nitrogens with one attached hydrogen (secondary N) is 1. The molecule has 104 valence electrons. The van der Waals surface area contributed by atoms with Gasteiger partial charge in [-0.25, -0.2) is 0 Å². The van der Waals surface area contributed by atoms with Gasteiger partial charge in [-0.3, -0.25) is 4.79 Å². The first-order chi connectivity index (χ1) is 9.60. The van der Waals surface area contributed by atoms with Crippen LogP contribution in [0.3, 0.4) is 0 Å². The molecule has 0 radical (unpaired) electrons. The molecule has 1 N–H and O–H groups in total. The van der Waals surface area contributed by atoms with Gasteiger partial charge in [0.25, 0.3) is 5.91 Å². The quantitative estimate of drug-likeness (QED) is 0.937. The minimum Gasteiger partial charge on any atom is -0.344 e. The van der Waals surface area contributed by atoms with E-state index in [0.29, 0.717) is 5.02 Å². The molecular formula is C14H13Cl2N3O. The number of nitrogens with zero attached hydrogens (tertiary/aromatic N) is 2. The van der Waals surface area contributed by atoms with Crippen LogP contribution in [0.15, 0.2) is 36.4 Å². The van der Waals surface area contributed by atoms with Gasteiger partial charge in [-0.2, -0.15) is 0 Å². The number of benzene rings is 1. The smallest absolute Gasteiger partial charge is 0.272 e. The molecule has 0 fully saturated rings. The van der Waals surface area contributed by atoms with E-state index >= 15 is 0 Å². The Morgan fingerprint density at radius 1 is 1.25 bits per heavy atom. The summed E-state index contributed by atoms with van der Waals surface area (Å²) < 4.78 is 0. The van der Waals surface area contributed by atoms with Gasteiger partial charge in [-0.15, -0.1) is 10.2 Å². The number of carbonyl (C=O) groups excluding carboxylic acids is 1. The lowest BCUT2D eigenvalue weighted by Crippen LogP contribution is -2.29. The predicted molar refractivity (Wildman–Crippen MR) is 79.0 cm³/mol. The Morgan fingerprint density at radius 3 is 2.65 bits per heavy atom. The van der Waals surface area contributed by atoms with E-state index in [9.17, 15) is 4.79 Å². The Balaban J connectivity index is 2.14. The number of hydrogen-bond donors (Lipinski definition) is 1. The van der Waals surface area contributed by atoms with Gasteiger partial charge in [0.05, 0.1) is 6.04 Å². The van der Waals surface area contributed by atoms with Gasteiger partial charge in [-0.05, 0) is 36.2 Å². The molecule has 2 aromatic rings. The average molecular weight is 310 g/mol. The first-order valence-corrected chi connectivity index (χ1v) is 6.91. The highest BCUT2D eigenvalue weighted by molar-refractivity contribution is 6.30. The molecule has 0 bridgehead atoms. The van der Waals surface area contributed by atoms with Crippen molar-refractivity contribution in [3.8, 4) is 0 Å². The van der Waals surface area contributed by atoms with Crippen LogP contribution < -0.4 is 5.32 Å². The van der Waals surface area contributed by atoms with Gasteiger partial charge in [0.1, 0.15) is 0 Å². The highest BCUT2D eigenvalue weighted by Gasteiger charge is 2.15. The third-order valence-electron chi connectivity index (χ3n) is 2.83. The fourth-order valence-corrected chi connectivity index (χ4v) is 2.11. The Labute approximate surface area is 127 Å². The van der Waals surface area contributed by atoms with E-state index in [2.05, 4.69) is 15.5 Å². The van der Waals surface area contributed by atoms with Crippen molar-refractivity contribution in [3.63, 3.8) is 0 Å². The zero-order chi connectivity index (χ0) is 14.5. The van der Waals surface area contributed by atoms with Crippen LogP contribution in [-0.2, 0) is 0 Å². The molecule has 1 heterocycles. The van der Waals surface area contributed by atoms with Gasteiger partial charge in [-0.1, -0.05) is 42.3 Å². The number of carbonyl (C=O) groups is 1. The first-order valence-electron chi connectivity index (χ1n) is 6.15. The maximum Gasteiger partial charge on any atom is 0.272 e. The van der Waals surface area contributed by atoms with E-state index in [0.717, 1.165) is 12.0 Å². The van der Waals surface area contributed by atoms with Gasteiger partial charge < -0.3 is 5.32 Å². The molecule has 1 unspecified atom stereocenters. The number of rotatable bonds is 4.